The van der Waals surface area contributed by atoms with Crippen LogP contribution in [0.3, 0.4) is 0 Å². The van der Waals surface area contributed by atoms with Crippen LogP contribution in [0.4, 0.5) is 0 Å². The van der Waals surface area contributed by atoms with Gasteiger partial charge in [-0.2, -0.15) is 0 Å². The van der Waals surface area contributed by atoms with Gasteiger partial charge in [-0.1, -0.05) is 17.7 Å². The van der Waals surface area contributed by atoms with Crippen LogP contribution in [-0.4, -0.2) is 39.8 Å². The summed E-state index contributed by atoms with van der Waals surface area (Å²) >= 11 is 5.83. The molecule has 0 fully saturated rings. The SMILES string of the molecule is COc1cc(OC)c(OC)cc1CNC(=O)COC(=O)c1cccc(Cl)c1. The van der Waals surface area contributed by atoms with Crippen LogP contribution in [0.2, 0.25) is 5.02 Å². The van der Waals surface area contributed by atoms with Crippen LogP contribution in [0.15, 0.2) is 36.4 Å². The monoisotopic (exact) mass is 393 g/mol. The van der Waals surface area contributed by atoms with E-state index in [2.05, 4.69) is 5.32 Å². The molecule has 0 aliphatic heterocycles. The van der Waals surface area contributed by atoms with Crippen molar-refractivity contribution < 1.29 is 28.5 Å². The summed E-state index contributed by atoms with van der Waals surface area (Å²) in [6.07, 6.45) is 0. The quantitative estimate of drug-likeness (QED) is 0.694. The first kappa shape index (κ1) is 20.4. The van der Waals surface area contributed by atoms with Crippen molar-refractivity contribution in [3.63, 3.8) is 0 Å². The first-order valence-electron chi connectivity index (χ1n) is 7.96. The predicted octanol–water partition coefficient (Wildman–Crippen LogP) is 2.84. The number of hydrogen-bond donors (Lipinski definition) is 1. The summed E-state index contributed by atoms with van der Waals surface area (Å²) in [5, 5.41) is 3.07. The summed E-state index contributed by atoms with van der Waals surface area (Å²) in [4.78, 5) is 23.9. The molecule has 0 saturated carbocycles. The van der Waals surface area contributed by atoms with Gasteiger partial charge in [0.2, 0.25) is 0 Å². The van der Waals surface area contributed by atoms with Crippen molar-refractivity contribution >= 4 is 23.5 Å². The highest BCUT2D eigenvalue weighted by molar-refractivity contribution is 6.30. The summed E-state index contributed by atoms with van der Waals surface area (Å²) in [6, 6.07) is 9.66. The molecule has 2 rings (SSSR count). The van der Waals surface area contributed by atoms with Gasteiger partial charge in [0, 0.05) is 23.2 Å². The minimum absolute atomic E-state index is 0.164. The number of benzene rings is 2. The zero-order valence-corrected chi connectivity index (χ0v) is 16.0. The molecule has 2 aromatic carbocycles. The fourth-order valence-electron chi connectivity index (χ4n) is 2.31. The number of esters is 1. The van der Waals surface area contributed by atoms with Crippen molar-refractivity contribution in [2.45, 2.75) is 6.54 Å². The summed E-state index contributed by atoms with van der Waals surface area (Å²) in [5.74, 6) is 0.470. The molecule has 1 N–H and O–H groups in total. The average molecular weight is 394 g/mol. The Hall–Kier alpha value is -2.93. The molecular formula is C19H20ClNO6. The highest BCUT2D eigenvalue weighted by Gasteiger charge is 2.14. The maximum atomic E-state index is 12.0. The molecule has 8 heteroatoms. The van der Waals surface area contributed by atoms with Gasteiger partial charge in [-0.05, 0) is 24.3 Å². The smallest absolute Gasteiger partial charge is 0.338 e. The molecule has 27 heavy (non-hydrogen) atoms. The molecule has 1 amide bonds. The van der Waals surface area contributed by atoms with Crippen molar-refractivity contribution in [1.82, 2.24) is 5.32 Å². The van der Waals surface area contributed by atoms with Gasteiger partial charge in [0.1, 0.15) is 5.75 Å². The highest BCUT2D eigenvalue weighted by Crippen LogP contribution is 2.34. The number of nitrogens with one attached hydrogen (secondary N) is 1. The molecule has 0 heterocycles. The van der Waals surface area contributed by atoms with Crippen molar-refractivity contribution in [3.05, 3.63) is 52.5 Å². The lowest BCUT2D eigenvalue weighted by molar-refractivity contribution is -0.124. The van der Waals surface area contributed by atoms with E-state index >= 15 is 0 Å². The van der Waals surface area contributed by atoms with Crippen LogP contribution in [0.25, 0.3) is 0 Å². The van der Waals surface area contributed by atoms with Gasteiger partial charge in [0.15, 0.2) is 18.1 Å². The molecule has 0 atom stereocenters. The second-order valence-corrected chi connectivity index (χ2v) is 5.82. The third-order valence-corrected chi connectivity index (χ3v) is 3.89. The average Bonchev–Trinajstić information content (AvgIpc) is 2.69. The van der Waals surface area contributed by atoms with E-state index in [-0.39, 0.29) is 12.1 Å². The molecule has 0 aromatic heterocycles. The molecular weight excluding hydrogens is 374 g/mol. The number of carbonyl (C=O) groups excluding carboxylic acids is 2. The van der Waals surface area contributed by atoms with Gasteiger partial charge >= 0.3 is 5.97 Å². The Morgan fingerprint density at radius 3 is 2.26 bits per heavy atom. The van der Waals surface area contributed by atoms with E-state index in [9.17, 15) is 9.59 Å². The normalized spacial score (nSPS) is 10.1. The van der Waals surface area contributed by atoms with Crippen LogP contribution in [-0.2, 0) is 16.1 Å². The molecule has 7 nitrogen and oxygen atoms in total. The maximum absolute atomic E-state index is 12.0. The molecule has 0 bridgehead atoms. The van der Waals surface area contributed by atoms with E-state index in [1.165, 1.54) is 27.4 Å². The number of ether oxygens (including phenoxy) is 4. The predicted molar refractivity (Wildman–Crippen MR) is 99.7 cm³/mol. The number of hydrogen-bond acceptors (Lipinski definition) is 6. The van der Waals surface area contributed by atoms with E-state index in [1.54, 1.807) is 30.3 Å². The Morgan fingerprint density at radius 1 is 0.963 bits per heavy atom. The first-order chi connectivity index (χ1) is 13.0. The number of halogens is 1. The lowest BCUT2D eigenvalue weighted by Gasteiger charge is -2.14. The Bertz CT molecular complexity index is 824. The maximum Gasteiger partial charge on any atom is 0.338 e. The minimum Gasteiger partial charge on any atom is -0.496 e. The van der Waals surface area contributed by atoms with Crippen molar-refractivity contribution in [2.24, 2.45) is 0 Å². The zero-order chi connectivity index (χ0) is 19.8. The van der Waals surface area contributed by atoms with Crippen LogP contribution in [0.5, 0.6) is 17.2 Å². The van der Waals surface area contributed by atoms with E-state index < -0.39 is 18.5 Å². The number of amides is 1. The number of carbonyl (C=O) groups is 2. The fraction of sp³-hybridized carbons (Fsp3) is 0.263. The lowest BCUT2D eigenvalue weighted by Crippen LogP contribution is -2.28. The van der Waals surface area contributed by atoms with E-state index in [0.29, 0.717) is 27.8 Å². The van der Waals surface area contributed by atoms with Gasteiger partial charge in [-0.15, -0.1) is 0 Å². The van der Waals surface area contributed by atoms with Crippen LogP contribution in [0.1, 0.15) is 15.9 Å². The summed E-state index contributed by atoms with van der Waals surface area (Å²) in [6.45, 7) is -0.252. The van der Waals surface area contributed by atoms with E-state index in [1.807, 2.05) is 0 Å². The molecule has 0 radical (unpaired) electrons. The second-order valence-electron chi connectivity index (χ2n) is 5.38. The fourth-order valence-corrected chi connectivity index (χ4v) is 2.50. The summed E-state index contributed by atoms with van der Waals surface area (Å²) in [5.41, 5.74) is 0.960. The van der Waals surface area contributed by atoms with Crippen molar-refractivity contribution in [3.8, 4) is 17.2 Å². The van der Waals surface area contributed by atoms with Crippen molar-refractivity contribution in [2.75, 3.05) is 27.9 Å². The molecule has 0 saturated heterocycles. The number of rotatable bonds is 8. The summed E-state index contributed by atoms with van der Waals surface area (Å²) in [7, 11) is 4.55. The largest absolute Gasteiger partial charge is 0.496 e. The summed E-state index contributed by atoms with van der Waals surface area (Å²) < 4.78 is 20.8. The highest BCUT2D eigenvalue weighted by atomic mass is 35.5. The van der Waals surface area contributed by atoms with Crippen LogP contribution < -0.4 is 19.5 Å². The van der Waals surface area contributed by atoms with Gasteiger partial charge in [-0.25, -0.2) is 4.79 Å². The molecule has 2 aromatic rings. The molecule has 144 valence electrons. The zero-order valence-electron chi connectivity index (χ0n) is 15.2. The number of methoxy groups -OCH3 is 3. The Labute approximate surface area is 162 Å². The van der Waals surface area contributed by atoms with E-state index in [0.717, 1.165) is 0 Å². The molecule has 0 spiro atoms. The molecule has 0 unspecified atom stereocenters. The molecule has 0 aliphatic rings. The minimum atomic E-state index is -0.628. The van der Waals surface area contributed by atoms with E-state index in [4.69, 9.17) is 30.5 Å². The third-order valence-electron chi connectivity index (χ3n) is 3.66. The first-order valence-corrected chi connectivity index (χ1v) is 8.34. The second kappa shape index (κ2) is 9.68. The third kappa shape index (κ3) is 5.52. The Balaban J connectivity index is 1.94. The standard InChI is InChI=1S/C19H20ClNO6/c1-24-15-9-17(26-3)16(25-2)8-13(15)10-21-18(22)11-27-19(23)12-5-4-6-14(20)7-12/h4-9H,10-11H2,1-3H3,(H,21,22). The van der Waals surface area contributed by atoms with Gasteiger partial charge in [0.25, 0.3) is 5.91 Å². The van der Waals surface area contributed by atoms with Gasteiger partial charge < -0.3 is 24.3 Å². The van der Waals surface area contributed by atoms with Gasteiger partial charge in [0.05, 0.1) is 26.9 Å². The lowest BCUT2D eigenvalue weighted by atomic mass is 10.1. The Kier molecular flexibility index (Phi) is 7.31. The Morgan fingerprint density at radius 2 is 1.63 bits per heavy atom. The molecule has 0 aliphatic carbocycles. The van der Waals surface area contributed by atoms with Crippen molar-refractivity contribution in [1.29, 1.82) is 0 Å². The van der Waals surface area contributed by atoms with Crippen LogP contribution in [0, 0.1) is 0 Å². The van der Waals surface area contributed by atoms with Crippen LogP contribution >= 0.6 is 11.6 Å². The van der Waals surface area contributed by atoms with Gasteiger partial charge in [-0.3, -0.25) is 4.79 Å². The topological polar surface area (TPSA) is 83.1 Å².